The van der Waals surface area contributed by atoms with Gasteiger partial charge in [0.25, 0.3) is 0 Å². The zero-order chi connectivity index (χ0) is 59.2. The van der Waals surface area contributed by atoms with Crippen molar-refractivity contribution in [3.63, 3.8) is 0 Å². The number of unbranched alkanes of at least 4 members (excludes halogenated alkanes) is 49. The second kappa shape index (κ2) is 70.9. The van der Waals surface area contributed by atoms with Gasteiger partial charge in [-0.25, -0.2) is 0 Å². The summed E-state index contributed by atoms with van der Waals surface area (Å²) < 4.78 is 16.9. The zero-order valence-electron chi connectivity index (χ0n) is 55.3. The summed E-state index contributed by atoms with van der Waals surface area (Å²) in [4.78, 5) is 38.1. The Morgan fingerprint density at radius 1 is 0.256 bits per heavy atom. The molecule has 0 aliphatic carbocycles. The predicted octanol–water partition coefficient (Wildman–Crippen LogP) is 25.3. The van der Waals surface area contributed by atoms with E-state index < -0.39 is 6.10 Å². The Balaban J connectivity index is 3.93. The van der Waals surface area contributed by atoms with Crippen LogP contribution in [0.1, 0.15) is 400 Å². The lowest BCUT2D eigenvalue weighted by Gasteiger charge is -2.18. The van der Waals surface area contributed by atoms with Crippen molar-refractivity contribution in [3.05, 3.63) is 48.6 Å². The molecule has 0 aliphatic rings. The molecule has 0 spiro atoms. The Morgan fingerprint density at radius 3 is 0.744 bits per heavy atom. The highest BCUT2D eigenvalue weighted by molar-refractivity contribution is 5.71. The molecule has 1 atom stereocenters. The molecule has 0 aromatic carbocycles. The van der Waals surface area contributed by atoms with Crippen LogP contribution < -0.4 is 0 Å². The first-order valence-electron chi connectivity index (χ1n) is 36.6. The van der Waals surface area contributed by atoms with Crippen LogP contribution in [0, 0.1) is 0 Å². The van der Waals surface area contributed by atoms with E-state index in [0.29, 0.717) is 19.3 Å². The molecule has 0 aromatic rings. The summed E-state index contributed by atoms with van der Waals surface area (Å²) in [6.07, 6.45) is 90.7. The Labute approximate surface area is 511 Å². The van der Waals surface area contributed by atoms with Crippen LogP contribution in [0.4, 0.5) is 0 Å². The van der Waals surface area contributed by atoms with E-state index in [9.17, 15) is 14.4 Å². The maximum atomic E-state index is 12.9. The molecule has 0 N–H and O–H groups in total. The zero-order valence-corrected chi connectivity index (χ0v) is 55.3. The molecule has 82 heavy (non-hydrogen) atoms. The quantitative estimate of drug-likeness (QED) is 0.0261. The molecule has 0 saturated carbocycles. The van der Waals surface area contributed by atoms with E-state index >= 15 is 0 Å². The third-order valence-electron chi connectivity index (χ3n) is 16.6. The second-order valence-corrected chi connectivity index (χ2v) is 24.8. The molecule has 0 aromatic heterocycles. The smallest absolute Gasteiger partial charge is 0.306 e. The average Bonchev–Trinajstić information content (AvgIpc) is 3.47. The van der Waals surface area contributed by atoms with Crippen molar-refractivity contribution in [2.45, 2.75) is 406 Å². The van der Waals surface area contributed by atoms with Crippen molar-refractivity contribution in [2.24, 2.45) is 0 Å². The molecule has 0 saturated heterocycles. The molecule has 0 radical (unpaired) electrons. The summed E-state index contributed by atoms with van der Waals surface area (Å²) in [7, 11) is 0. The summed E-state index contributed by atoms with van der Waals surface area (Å²) in [6.45, 7) is 6.53. The molecular weight excluding hydrogens is 1010 g/mol. The van der Waals surface area contributed by atoms with Gasteiger partial charge in [-0.3, -0.25) is 14.4 Å². The molecule has 0 aliphatic heterocycles. The minimum absolute atomic E-state index is 0.0689. The minimum atomic E-state index is -0.770. The Bertz CT molecular complexity index is 1410. The van der Waals surface area contributed by atoms with Gasteiger partial charge >= 0.3 is 17.9 Å². The number of hydrogen-bond donors (Lipinski definition) is 0. The van der Waals surface area contributed by atoms with Gasteiger partial charge in [0.2, 0.25) is 0 Å². The van der Waals surface area contributed by atoms with Gasteiger partial charge in [-0.2, -0.15) is 0 Å². The summed E-state index contributed by atoms with van der Waals surface area (Å²) >= 11 is 0. The highest BCUT2D eigenvalue weighted by Crippen LogP contribution is 2.19. The molecule has 6 nitrogen and oxygen atoms in total. The maximum absolute atomic E-state index is 12.9. The minimum Gasteiger partial charge on any atom is -0.462 e. The van der Waals surface area contributed by atoms with E-state index in [1.807, 2.05) is 0 Å². The summed E-state index contributed by atoms with van der Waals surface area (Å²) in [5.41, 5.74) is 0. The van der Waals surface area contributed by atoms with Gasteiger partial charge in [0, 0.05) is 19.3 Å². The Hall–Kier alpha value is -2.63. The second-order valence-electron chi connectivity index (χ2n) is 24.8. The Morgan fingerprint density at radius 2 is 0.476 bits per heavy atom. The first kappa shape index (κ1) is 79.4. The normalized spacial score (nSPS) is 12.3. The van der Waals surface area contributed by atoms with Gasteiger partial charge < -0.3 is 14.2 Å². The van der Waals surface area contributed by atoms with Crippen LogP contribution in [0.5, 0.6) is 0 Å². The largest absolute Gasteiger partial charge is 0.462 e. The number of carbonyl (C=O) groups excluding carboxylic acids is 3. The standard InChI is InChI=1S/C76H140O6/c1-4-7-10-13-16-18-20-22-24-26-28-30-32-34-35-36-37-38-39-40-41-43-44-46-48-50-52-54-56-58-60-63-66-69-75(78)81-72-73(71-80-74(77)68-65-62-15-12-9-6-3)82-76(79)70-67-64-61-59-57-55-53-51-49-47-45-42-33-31-29-27-25-23-21-19-17-14-11-8-5-2/h8,11,17,19,23,25,29,31,73H,4-7,9-10,12-16,18,20-22,24,26-28,30,32-72H2,1-3H3/b11-8-,19-17-,25-23-,31-29-. The number of ether oxygens (including phenoxy) is 3. The summed E-state index contributed by atoms with van der Waals surface area (Å²) in [6, 6.07) is 0. The van der Waals surface area contributed by atoms with Gasteiger partial charge in [0.15, 0.2) is 6.10 Å². The number of rotatable bonds is 68. The summed E-state index contributed by atoms with van der Waals surface area (Å²) in [5.74, 6) is -0.857. The van der Waals surface area contributed by atoms with E-state index in [4.69, 9.17) is 14.2 Å². The number of allylic oxidation sites excluding steroid dienone is 8. The third kappa shape index (κ3) is 68.2. The average molecular weight is 1150 g/mol. The number of hydrogen-bond acceptors (Lipinski definition) is 6. The molecule has 0 bridgehead atoms. The highest BCUT2D eigenvalue weighted by Gasteiger charge is 2.19. The van der Waals surface area contributed by atoms with Crippen molar-refractivity contribution >= 4 is 17.9 Å². The topological polar surface area (TPSA) is 78.9 Å². The van der Waals surface area contributed by atoms with Gasteiger partial charge in [-0.15, -0.1) is 0 Å². The van der Waals surface area contributed by atoms with Gasteiger partial charge in [0.05, 0.1) is 0 Å². The monoisotopic (exact) mass is 1150 g/mol. The van der Waals surface area contributed by atoms with Crippen molar-refractivity contribution < 1.29 is 28.6 Å². The molecular formula is C76H140O6. The first-order chi connectivity index (χ1) is 40.5. The van der Waals surface area contributed by atoms with Crippen LogP contribution in [0.2, 0.25) is 0 Å². The van der Waals surface area contributed by atoms with Crippen LogP contribution in [-0.4, -0.2) is 37.2 Å². The molecule has 480 valence electrons. The van der Waals surface area contributed by atoms with Gasteiger partial charge in [-0.05, 0) is 57.8 Å². The van der Waals surface area contributed by atoms with E-state index in [1.54, 1.807) is 0 Å². The van der Waals surface area contributed by atoms with Crippen LogP contribution in [0.15, 0.2) is 48.6 Å². The molecule has 1 unspecified atom stereocenters. The SMILES string of the molecule is CC/C=C\C/C=C\C/C=C\C/C=C\CCCCCCCCCCCCCCC(=O)OC(COC(=O)CCCCCCCC)COC(=O)CCCCCCCCCCCCCCCCCCCCCCCCCCCCCCCCCCC. The predicted molar refractivity (Wildman–Crippen MR) is 358 cm³/mol. The van der Waals surface area contributed by atoms with E-state index in [2.05, 4.69) is 69.4 Å². The number of carbonyl (C=O) groups is 3. The van der Waals surface area contributed by atoms with Gasteiger partial charge in [0.1, 0.15) is 13.2 Å². The molecule has 0 fully saturated rings. The van der Waals surface area contributed by atoms with Crippen molar-refractivity contribution in [1.29, 1.82) is 0 Å². The van der Waals surface area contributed by atoms with E-state index in [0.717, 1.165) is 83.5 Å². The lowest BCUT2D eigenvalue weighted by atomic mass is 10.0. The lowest BCUT2D eigenvalue weighted by Crippen LogP contribution is -2.30. The highest BCUT2D eigenvalue weighted by atomic mass is 16.6. The fraction of sp³-hybridized carbons (Fsp3) is 0.855. The number of esters is 3. The van der Waals surface area contributed by atoms with E-state index in [-0.39, 0.29) is 31.1 Å². The summed E-state index contributed by atoms with van der Waals surface area (Å²) in [5, 5.41) is 0. The van der Waals surface area contributed by atoms with Crippen molar-refractivity contribution in [2.75, 3.05) is 13.2 Å². The van der Waals surface area contributed by atoms with Gasteiger partial charge in [-0.1, -0.05) is 371 Å². The fourth-order valence-electron chi connectivity index (χ4n) is 11.1. The van der Waals surface area contributed by atoms with E-state index in [1.165, 1.54) is 276 Å². The van der Waals surface area contributed by atoms with Crippen molar-refractivity contribution in [1.82, 2.24) is 0 Å². The third-order valence-corrected chi connectivity index (χ3v) is 16.6. The molecule has 0 amide bonds. The maximum Gasteiger partial charge on any atom is 0.306 e. The lowest BCUT2D eigenvalue weighted by molar-refractivity contribution is -0.167. The van der Waals surface area contributed by atoms with Crippen molar-refractivity contribution in [3.8, 4) is 0 Å². The van der Waals surface area contributed by atoms with Crippen LogP contribution in [0.3, 0.4) is 0 Å². The van der Waals surface area contributed by atoms with Crippen LogP contribution >= 0.6 is 0 Å². The fourth-order valence-corrected chi connectivity index (χ4v) is 11.1. The molecule has 6 heteroatoms. The molecule has 0 rings (SSSR count). The van der Waals surface area contributed by atoms with Crippen LogP contribution in [0.25, 0.3) is 0 Å². The molecule has 0 heterocycles. The first-order valence-corrected chi connectivity index (χ1v) is 36.6. The van der Waals surface area contributed by atoms with Crippen LogP contribution in [-0.2, 0) is 28.6 Å². The Kier molecular flexibility index (Phi) is 68.6.